The van der Waals surface area contributed by atoms with Crippen molar-refractivity contribution in [3.8, 4) is 0 Å². The van der Waals surface area contributed by atoms with E-state index in [0.29, 0.717) is 25.9 Å². The molecule has 4 aliphatic rings. The summed E-state index contributed by atoms with van der Waals surface area (Å²) in [5, 5.41) is 10.9. The number of amides is 2. The van der Waals surface area contributed by atoms with Crippen LogP contribution < -0.4 is 0 Å². The van der Waals surface area contributed by atoms with Gasteiger partial charge < -0.3 is 14.9 Å². The molecule has 1 N–H and O–H groups in total. The number of rotatable bonds is 0. The third kappa shape index (κ3) is 1.36. The van der Waals surface area contributed by atoms with Gasteiger partial charge in [0.05, 0.1) is 11.8 Å². The van der Waals surface area contributed by atoms with Crippen molar-refractivity contribution >= 4 is 11.8 Å². The number of hydrogen-bond donors (Lipinski definition) is 1. The Hall–Kier alpha value is -1.62. The van der Waals surface area contributed by atoms with Crippen molar-refractivity contribution in [1.82, 2.24) is 9.80 Å². The predicted molar refractivity (Wildman–Crippen MR) is 71.3 cm³/mol. The van der Waals surface area contributed by atoms with Gasteiger partial charge in [0.1, 0.15) is 0 Å². The van der Waals surface area contributed by atoms with Crippen LogP contribution in [0.3, 0.4) is 0 Å². The van der Waals surface area contributed by atoms with Gasteiger partial charge in [-0.3, -0.25) is 9.59 Å². The predicted octanol–water partition coefficient (Wildman–Crippen LogP) is 0.270. The molecule has 0 spiro atoms. The Morgan fingerprint density at radius 1 is 1.10 bits per heavy atom. The van der Waals surface area contributed by atoms with Gasteiger partial charge in [-0.05, 0) is 12.8 Å². The highest BCUT2D eigenvalue weighted by molar-refractivity contribution is 5.90. The van der Waals surface area contributed by atoms with Gasteiger partial charge in [-0.15, -0.1) is 0 Å². The molecule has 4 aliphatic heterocycles. The molecule has 0 radical (unpaired) electrons. The Morgan fingerprint density at radius 3 is 2.75 bits per heavy atom. The zero-order valence-electron chi connectivity index (χ0n) is 11.2. The number of carbonyl (C=O) groups is 2. The third-order valence-corrected chi connectivity index (χ3v) is 5.26. The zero-order chi connectivity index (χ0) is 13.9. The van der Waals surface area contributed by atoms with Gasteiger partial charge in [-0.2, -0.15) is 0 Å². The maximum Gasteiger partial charge on any atom is 0.231 e. The normalized spacial score (nSPS) is 42.5. The molecule has 5 nitrogen and oxygen atoms in total. The lowest BCUT2D eigenvalue weighted by Crippen LogP contribution is -2.72. The van der Waals surface area contributed by atoms with E-state index in [1.807, 2.05) is 18.2 Å². The standard InChI is InChI=1S/C15H18N2O3/c18-13-10-9-11(15(20)6-2-4-8-17(13)15)14(19)16-7-3-1-5-12(10)16/h1-4,10-12,20H,5-9H2/t10-,11+,12+,15-/m1/s1. The molecule has 2 fully saturated rings. The van der Waals surface area contributed by atoms with Crippen LogP contribution in [0.15, 0.2) is 24.3 Å². The molecule has 0 aromatic rings. The Bertz CT molecular complexity index is 539. The number of nitrogens with zero attached hydrogens (tertiary/aromatic N) is 2. The summed E-state index contributed by atoms with van der Waals surface area (Å²) < 4.78 is 0. The van der Waals surface area contributed by atoms with Crippen molar-refractivity contribution in [3.05, 3.63) is 24.3 Å². The molecule has 0 aliphatic carbocycles. The van der Waals surface area contributed by atoms with E-state index >= 15 is 0 Å². The molecule has 2 saturated heterocycles. The Labute approximate surface area is 117 Å². The molecular formula is C15H18N2O3. The van der Waals surface area contributed by atoms with Gasteiger partial charge in [0.15, 0.2) is 5.72 Å². The molecule has 0 aromatic carbocycles. The van der Waals surface area contributed by atoms with Gasteiger partial charge >= 0.3 is 0 Å². The van der Waals surface area contributed by atoms with Gasteiger partial charge in [0, 0.05) is 25.6 Å². The minimum atomic E-state index is -1.31. The summed E-state index contributed by atoms with van der Waals surface area (Å²) in [6, 6.07) is -0.0216. The van der Waals surface area contributed by atoms with Crippen LogP contribution in [-0.4, -0.2) is 51.6 Å². The van der Waals surface area contributed by atoms with E-state index in [1.54, 1.807) is 4.90 Å². The van der Waals surface area contributed by atoms with Gasteiger partial charge in [0.2, 0.25) is 11.8 Å². The van der Waals surface area contributed by atoms with Crippen LogP contribution in [0.2, 0.25) is 0 Å². The summed E-state index contributed by atoms with van der Waals surface area (Å²) in [4.78, 5) is 28.7. The van der Waals surface area contributed by atoms with Gasteiger partial charge in [0.25, 0.3) is 0 Å². The lowest BCUT2D eigenvalue weighted by atomic mass is 9.69. The highest BCUT2D eigenvalue weighted by atomic mass is 16.3. The maximum absolute atomic E-state index is 12.7. The highest BCUT2D eigenvalue weighted by Crippen LogP contribution is 2.46. The van der Waals surface area contributed by atoms with E-state index in [4.69, 9.17) is 0 Å². The molecule has 5 heteroatoms. The number of hydrogen-bond acceptors (Lipinski definition) is 3. The lowest BCUT2D eigenvalue weighted by molar-refractivity contribution is -0.213. The summed E-state index contributed by atoms with van der Waals surface area (Å²) >= 11 is 0. The summed E-state index contributed by atoms with van der Waals surface area (Å²) in [6.45, 7) is 0.980. The minimum Gasteiger partial charge on any atom is -0.370 e. The van der Waals surface area contributed by atoms with Crippen LogP contribution in [0, 0.1) is 11.8 Å². The fourth-order valence-corrected chi connectivity index (χ4v) is 4.20. The quantitative estimate of drug-likeness (QED) is 0.645. The maximum atomic E-state index is 12.7. The van der Waals surface area contributed by atoms with Crippen LogP contribution in [0.1, 0.15) is 19.3 Å². The summed E-state index contributed by atoms with van der Waals surface area (Å²) in [5.41, 5.74) is -1.31. The highest BCUT2D eigenvalue weighted by Gasteiger charge is 2.60. The molecule has 2 bridgehead atoms. The van der Waals surface area contributed by atoms with E-state index in [0.717, 1.165) is 6.42 Å². The number of fused-ring (bicyclic) bond motifs is 6. The lowest BCUT2D eigenvalue weighted by Gasteiger charge is -2.57. The first-order valence-corrected chi connectivity index (χ1v) is 7.27. The molecule has 0 saturated carbocycles. The number of carbonyl (C=O) groups excluding carboxylic acids is 2. The van der Waals surface area contributed by atoms with Gasteiger partial charge in [-0.1, -0.05) is 24.3 Å². The second kappa shape index (κ2) is 3.95. The summed E-state index contributed by atoms with van der Waals surface area (Å²) in [5.74, 6) is -0.621. The average molecular weight is 274 g/mol. The molecule has 2 amide bonds. The van der Waals surface area contributed by atoms with Crippen molar-refractivity contribution in [1.29, 1.82) is 0 Å². The van der Waals surface area contributed by atoms with E-state index in [-0.39, 0.29) is 23.8 Å². The summed E-state index contributed by atoms with van der Waals surface area (Å²) in [6.07, 6.45) is 9.40. The first-order chi connectivity index (χ1) is 9.63. The molecule has 4 heterocycles. The second-order valence-electron chi connectivity index (χ2n) is 6.16. The number of piperidine rings is 2. The Balaban J connectivity index is 1.80. The minimum absolute atomic E-state index is 0.00546. The fraction of sp³-hybridized carbons (Fsp3) is 0.600. The first kappa shape index (κ1) is 12.1. The summed E-state index contributed by atoms with van der Waals surface area (Å²) in [7, 11) is 0. The van der Waals surface area contributed by atoms with Crippen molar-refractivity contribution in [2.45, 2.75) is 31.0 Å². The van der Waals surface area contributed by atoms with Crippen molar-refractivity contribution in [3.63, 3.8) is 0 Å². The van der Waals surface area contributed by atoms with Crippen molar-refractivity contribution in [2.24, 2.45) is 11.8 Å². The topological polar surface area (TPSA) is 60.9 Å². The van der Waals surface area contributed by atoms with Crippen LogP contribution in [0.5, 0.6) is 0 Å². The zero-order valence-corrected chi connectivity index (χ0v) is 11.2. The SMILES string of the molecule is O=C1[C@@H]2C[C@@H](C(=O)N3CC=CC[C@@]23O)[C@@H]2CC=CCN12. The third-order valence-electron chi connectivity index (χ3n) is 5.26. The van der Waals surface area contributed by atoms with Crippen LogP contribution in [-0.2, 0) is 9.59 Å². The van der Waals surface area contributed by atoms with Gasteiger partial charge in [-0.25, -0.2) is 0 Å². The van der Waals surface area contributed by atoms with Crippen LogP contribution in [0.4, 0.5) is 0 Å². The molecular weight excluding hydrogens is 256 g/mol. The van der Waals surface area contributed by atoms with E-state index in [9.17, 15) is 14.7 Å². The molecule has 20 heavy (non-hydrogen) atoms. The van der Waals surface area contributed by atoms with E-state index < -0.39 is 11.6 Å². The van der Waals surface area contributed by atoms with E-state index in [1.165, 1.54) is 4.90 Å². The largest absolute Gasteiger partial charge is 0.370 e. The molecule has 0 unspecified atom stereocenters. The molecule has 0 aromatic heterocycles. The molecule has 4 atom stereocenters. The monoisotopic (exact) mass is 274 g/mol. The molecule has 106 valence electrons. The fourth-order valence-electron chi connectivity index (χ4n) is 4.20. The smallest absolute Gasteiger partial charge is 0.231 e. The van der Waals surface area contributed by atoms with Crippen LogP contribution in [0.25, 0.3) is 0 Å². The Morgan fingerprint density at radius 2 is 1.90 bits per heavy atom. The van der Waals surface area contributed by atoms with E-state index in [2.05, 4.69) is 6.08 Å². The average Bonchev–Trinajstić information content (AvgIpc) is 2.47. The second-order valence-corrected chi connectivity index (χ2v) is 6.16. The van der Waals surface area contributed by atoms with Crippen LogP contribution >= 0.6 is 0 Å². The first-order valence-electron chi connectivity index (χ1n) is 7.27. The number of aliphatic hydroxyl groups is 1. The van der Waals surface area contributed by atoms with Crippen molar-refractivity contribution < 1.29 is 14.7 Å². The Kier molecular flexibility index (Phi) is 2.40. The molecule has 4 rings (SSSR count). The van der Waals surface area contributed by atoms with Crippen molar-refractivity contribution in [2.75, 3.05) is 13.1 Å².